The first-order chi connectivity index (χ1) is 14.3. The maximum atomic E-state index is 10.0. The lowest BCUT2D eigenvalue weighted by Crippen LogP contribution is -2.21. The van der Waals surface area contributed by atoms with E-state index in [0.29, 0.717) is 40.8 Å². The molecular weight excluding hydrogens is 402 g/mol. The highest BCUT2D eigenvalue weighted by molar-refractivity contribution is 6.33. The number of hydrogen-bond acceptors (Lipinski definition) is 6. The minimum Gasteiger partial charge on any atom is -0.390 e. The highest BCUT2D eigenvalue weighted by Crippen LogP contribution is 2.41. The molecule has 3 aromatic heterocycles. The van der Waals surface area contributed by atoms with Gasteiger partial charge in [0.25, 0.3) is 0 Å². The summed E-state index contributed by atoms with van der Waals surface area (Å²) in [5.41, 5.74) is 2.89. The molecule has 0 aliphatic rings. The highest BCUT2D eigenvalue weighted by Gasteiger charge is 2.26. The Kier molecular flexibility index (Phi) is 5.40. The van der Waals surface area contributed by atoms with E-state index >= 15 is 0 Å². The van der Waals surface area contributed by atoms with Gasteiger partial charge in [-0.15, -0.1) is 0 Å². The number of benzene rings is 1. The molecule has 0 amide bonds. The number of aryl methyl sites for hydroxylation is 1. The second kappa shape index (κ2) is 8.01. The van der Waals surface area contributed by atoms with E-state index in [4.69, 9.17) is 16.1 Å². The van der Waals surface area contributed by atoms with Crippen LogP contribution in [0.3, 0.4) is 0 Å². The summed E-state index contributed by atoms with van der Waals surface area (Å²) < 4.78 is 7.64. The summed E-state index contributed by atoms with van der Waals surface area (Å²) in [5.74, 6) is 1.02. The molecule has 4 aromatic rings. The van der Waals surface area contributed by atoms with Crippen LogP contribution in [0.5, 0.6) is 0 Å². The predicted octanol–water partition coefficient (Wildman–Crippen LogP) is 4.78. The molecule has 1 aromatic carbocycles. The number of aliphatic hydroxyl groups is 1. The van der Waals surface area contributed by atoms with Crippen LogP contribution >= 0.6 is 11.6 Å². The van der Waals surface area contributed by atoms with Crippen LogP contribution in [0.2, 0.25) is 5.02 Å². The zero-order chi connectivity index (χ0) is 21.3. The Morgan fingerprint density at radius 2 is 1.83 bits per heavy atom. The number of hydrogen-bond donors (Lipinski definition) is 1. The molecular formula is C22H22ClN5O2. The molecule has 1 N–H and O–H groups in total. The van der Waals surface area contributed by atoms with Crippen molar-refractivity contribution in [3.63, 3.8) is 0 Å². The van der Waals surface area contributed by atoms with E-state index in [1.807, 2.05) is 29.8 Å². The molecule has 0 saturated carbocycles. The molecule has 8 heteroatoms. The van der Waals surface area contributed by atoms with E-state index in [1.54, 1.807) is 44.6 Å². The summed E-state index contributed by atoms with van der Waals surface area (Å²) >= 11 is 6.43. The Morgan fingerprint density at radius 1 is 1.10 bits per heavy atom. The summed E-state index contributed by atoms with van der Waals surface area (Å²) in [4.78, 5) is 8.83. The summed E-state index contributed by atoms with van der Waals surface area (Å²) in [5, 5.41) is 19.4. The fourth-order valence-corrected chi connectivity index (χ4v) is 3.45. The molecule has 0 atom stereocenters. The van der Waals surface area contributed by atoms with Crippen molar-refractivity contribution in [2.24, 2.45) is 0 Å². The van der Waals surface area contributed by atoms with Gasteiger partial charge >= 0.3 is 0 Å². The third-order valence-corrected chi connectivity index (χ3v) is 5.22. The van der Waals surface area contributed by atoms with Crippen molar-refractivity contribution in [2.75, 3.05) is 0 Å². The van der Waals surface area contributed by atoms with E-state index < -0.39 is 5.60 Å². The number of aromatic nitrogens is 5. The monoisotopic (exact) mass is 423 g/mol. The van der Waals surface area contributed by atoms with E-state index in [-0.39, 0.29) is 0 Å². The van der Waals surface area contributed by atoms with Crippen molar-refractivity contribution in [3.05, 3.63) is 59.6 Å². The predicted molar refractivity (Wildman–Crippen MR) is 115 cm³/mol. The average Bonchev–Trinajstić information content (AvgIpc) is 3.30. The zero-order valence-corrected chi connectivity index (χ0v) is 17.8. The zero-order valence-electron chi connectivity index (χ0n) is 17.0. The Bertz CT molecular complexity index is 1160. The van der Waals surface area contributed by atoms with Crippen LogP contribution < -0.4 is 0 Å². The molecule has 0 radical (unpaired) electrons. The smallest absolute Gasteiger partial charge is 0.181 e. The van der Waals surface area contributed by atoms with Gasteiger partial charge in [-0.2, -0.15) is 5.10 Å². The van der Waals surface area contributed by atoms with Gasteiger partial charge in [0.15, 0.2) is 11.6 Å². The van der Waals surface area contributed by atoms with Crippen LogP contribution in [0.4, 0.5) is 0 Å². The normalized spacial score (nSPS) is 11.8. The van der Waals surface area contributed by atoms with E-state index in [9.17, 15) is 5.11 Å². The van der Waals surface area contributed by atoms with Crippen molar-refractivity contribution in [1.82, 2.24) is 24.9 Å². The quantitative estimate of drug-likeness (QED) is 0.479. The van der Waals surface area contributed by atoms with Crippen LogP contribution in [0.1, 0.15) is 26.0 Å². The molecule has 0 spiro atoms. The van der Waals surface area contributed by atoms with Crippen molar-refractivity contribution in [3.8, 4) is 34.0 Å². The van der Waals surface area contributed by atoms with Crippen molar-refractivity contribution >= 4 is 11.6 Å². The van der Waals surface area contributed by atoms with Crippen LogP contribution in [0.25, 0.3) is 34.0 Å². The van der Waals surface area contributed by atoms with E-state index in [0.717, 1.165) is 16.8 Å². The fourth-order valence-electron chi connectivity index (χ4n) is 3.22. The van der Waals surface area contributed by atoms with Crippen molar-refractivity contribution < 1.29 is 9.63 Å². The van der Waals surface area contributed by atoms with Crippen molar-refractivity contribution in [1.29, 1.82) is 0 Å². The van der Waals surface area contributed by atoms with Gasteiger partial charge in [0.1, 0.15) is 5.69 Å². The van der Waals surface area contributed by atoms with Crippen LogP contribution in [-0.4, -0.2) is 35.6 Å². The minimum atomic E-state index is -0.773. The van der Waals surface area contributed by atoms with Gasteiger partial charge in [-0.3, -0.25) is 4.68 Å². The number of halogens is 1. The van der Waals surface area contributed by atoms with Gasteiger partial charge in [-0.25, -0.2) is 9.97 Å². The maximum absolute atomic E-state index is 10.0. The third-order valence-electron chi connectivity index (χ3n) is 4.89. The van der Waals surface area contributed by atoms with E-state index in [2.05, 4.69) is 20.2 Å². The molecule has 30 heavy (non-hydrogen) atoms. The molecule has 4 rings (SSSR count). The van der Waals surface area contributed by atoms with Gasteiger partial charge in [0.2, 0.25) is 0 Å². The van der Waals surface area contributed by atoms with Gasteiger partial charge < -0.3 is 9.63 Å². The molecule has 0 saturated heterocycles. The lowest BCUT2D eigenvalue weighted by molar-refractivity contribution is 0.0649. The summed E-state index contributed by atoms with van der Waals surface area (Å²) in [6, 6.07) is 9.20. The lowest BCUT2D eigenvalue weighted by atomic mass is 10.0. The maximum Gasteiger partial charge on any atom is 0.181 e. The topological polar surface area (TPSA) is 89.9 Å². The molecule has 0 aliphatic heterocycles. The first-order valence-corrected chi connectivity index (χ1v) is 10.00. The Hall–Kier alpha value is -3.03. The fraction of sp³-hybridized carbons (Fsp3) is 0.273. The van der Waals surface area contributed by atoms with Crippen LogP contribution in [0, 0.1) is 6.92 Å². The molecule has 0 aliphatic carbocycles. The first kappa shape index (κ1) is 20.3. The van der Waals surface area contributed by atoms with E-state index in [1.165, 1.54) is 0 Å². The second-order valence-corrected chi connectivity index (χ2v) is 8.12. The molecule has 154 valence electrons. The SMILES string of the molecule is Cc1c(-c2onc(-c3ccccc3Cl)c2-c2ncccn2)cnn1CCC(C)(C)O. The first-order valence-electron chi connectivity index (χ1n) is 9.62. The standard InChI is InChI=1S/C22H22ClN5O2/c1-14-16(13-26-28(14)12-9-22(2,3)29)20-18(21-24-10-6-11-25-21)19(27-30-20)15-7-4-5-8-17(15)23/h4-8,10-11,13,29H,9,12H2,1-3H3. The largest absolute Gasteiger partial charge is 0.390 e. The van der Waals surface area contributed by atoms with Gasteiger partial charge in [0.05, 0.1) is 27.9 Å². The van der Waals surface area contributed by atoms with Gasteiger partial charge in [-0.1, -0.05) is 35.0 Å². The Balaban J connectivity index is 1.84. The third kappa shape index (κ3) is 3.99. The van der Waals surface area contributed by atoms with Crippen LogP contribution in [-0.2, 0) is 6.54 Å². The average molecular weight is 424 g/mol. The summed E-state index contributed by atoms with van der Waals surface area (Å²) in [6.07, 6.45) is 5.66. The second-order valence-electron chi connectivity index (χ2n) is 7.72. The minimum absolute atomic E-state index is 0.493. The van der Waals surface area contributed by atoms with Crippen molar-refractivity contribution in [2.45, 2.75) is 39.3 Å². The molecule has 0 bridgehead atoms. The summed E-state index contributed by atoms with van der Waals surface area (Å²) in [6.45, 7) is 6.10. The van der Waals surface area contributed by atoms with Gasteiger partial charge in [-0.05, 0) is 39.3 Å². The lowest BCUT2D eigenvalue weighted by Gasteiger charge is -2.17. The Morgan fingerprint density at radius 3 is 2.53 bits per heavy atom. The molecule has 0 fully saturated rings. The molecule has 7 nitrogen and oxygen atoms in total. The molecule has 3 heterocycles. The number of rotatable bonds is 6. The molecule has 0 unspecified atom stereocenters. The highest BCUT2D eigenvalue weighted by atomic mass is 35.5. The van der Waals surface area contributed by atoms with Crippen LogP contribution in [0.15, 0.2) is 53.4 Å². The summed E-state index contributed by atoms with van der Waals surface area (Å²) in [7, 11) is 0. The number of nitrogens with zero attached hydrogens (tertiary/aromatic N) is 5. The van der Waals surface area contributed by atoms with Gasteiger partial charge in [0, 0.05) is 30.2 Å². The Labute approximate surface area is 179 Å².